The Morgan fingerprint density at radius 1 is 0.647 bits per heavy atom. The summed E-state index contributed by atoms with van der Waals surface area (Å²) in [7, 11) is 6.23. The summed E-state index contributed by atoms with van der Waals surface area (Å²) in [6.45, 7) is 0. The molecular weight excluding hydrogens is 208 g/mol. The van der Waals surface area contributed by atoms with E-state index in [1.165, 1.54) is 17.1 Å². The first kappa shape index (κ1) is 11.5. The molecule has 2 rings (SSSR count). The smallest absolute Gasteiger partial charge is 0.0645 e. The molecule has 88 valence electrons. The van der Waals surface area contributed by atoms with Gasteiger partial charge in [0.2, 0.25) is 0 Å². The van der Waals surface area contributed by atoms with Crippen LogP contribution in [-0.4, -0.2) is 21.1 Å². The van der Waals surface area contributed by atoms with Gasteiger partial charge in [-0.25, -0.2) is 0 Å². The maximum absolute atomic E-state index is 2.20. The van der Waals surface area contributed by atoms with Gasteiger partial charge in [0.15, 0.2) is 0 Å². The lowest BCUT2D eigenvalue weighted by Crippen LogP contribution is -2.16. The van der Waals surface area contributed by atoms with E-state index >= 15 is 0 Å². The molecule has 17 heavy (non-hydrogen) atoms. The van der Waals surface area contributed by atoms with Crippen molar-refractivity contribution >= 4 is 17.1 Å². The minimum Gasteiger partial charge on any atom is -0.376 e. The Morgan fingerprint density at radius 3 is 1.76 bits per heavy atom. The molecule has 0 amide bonds. The molecule has 0 radical (unpaired) electrons. The van der Waals surface area contributed by atoms with Crippen LogP contribution < -0.4 is 9.80 Å². The topological polar surface area (TPSA) is 6.48 Å². The van der Waals surface area contributed by atoms with Crippen molar-refractivity contribution in [2.45, 2.75) is 0 Å². The summed E-state index contributed by atoms with van der Waals surface area (Å²) >= 11 is 0. The van der Waals surface area contributed by atoms with Gasteiger partial charge < -0.3 is 9.80 Å². The molecule has 0 spiro atoms. The molecule has 0 aliphatic carbocycles. The first-order valence-electron chi connectivity index (χ1n) is 5.75. The molecule has 2 heteroatoms. The van der Waals surface area contributed by atoms with Gasteiger partial charge in [0.25, 0.3) is 0 Å². The van der Waals surface area contributed by atoms with Crippen LogP contribution in [0.5, 0.6) is 0 Å². The number of hydrogen-bond donors (Lipinski definition) is 0. The van der Waals surface area contributed by atoms with Gasteiger partial charge in [-0.2, -0.15) is 0 Å². The van der Waals surface area contributed by atoms with Crippen LogP contribution in [0.2, 0.25) is 0 Å². The monoisotopic (exact) mass is 226 g/mol. The Kier molecular flexibility index (Phi) is 3.33. The van der Waals surface area contributed by atoms with Crippen molar-refractivity contribution < 1.29 is 0 Å². The molecule has 2 aromatic carbocycles. The Hall–Kier alpha value is -1.96. The van der Waals surface area contributed by atoms with Crippen molar-refractivity contribution in [3.8, 4) is 0 Å². The van der Waals surface area contributed by atoms with E-state index in [2.05, 4.69) is 79.5 Å². The zero-order valence-electron chi connectivity index (χ0n) is 10.6. The van der Waals surface area contributed by atoms with E-state index < -0.39 is 0 Å². The van der Waals surface area contributed by atoms with Crippen LogP contribution in [-0.2, 0) is 0 Å². The highest BCUT2D eigenvalue weighted by molar-refractivity contribution is 5.76. The zero-order chi connectivity index (χ0) is 12.3. The lowest BCUT2D eigenvalue weighted by molar-refractivity contribution is 1.10. The van der Waals surface area contributed by atoms with Gasteiger partial charge >= 0.3 is 0 Å². The molecule has 0 fully saturated rings. The largest absolute Gasteiger partial charge is 0.376 e. The Balaban J connectivity index is 2.41. The summed E-state index contributed by atoms with van der Waals surface area (Å²) in [6.07, 6.45) is 0. The van der Waals surface area contributed by atoms with Crippen LogP contribution >= 0.6 is 0 Å². The molecule has 0 aliphatic heterocycles. The van der Waals surface area contributed by atoms with Gasteiger partial charge in [0.05, 0.1) is 11.4 Å². The van der Waals surface area contributed by atoms with E-state index in [4.69, 9.17) is 0 Å². The summed E-state index contributed by atoms with van der Waals surface area (Å²) in [5.41, 5.74) is 3.63. The maximum atomic E-state index is 2.20. The van der Waals surface area contributed by atoms with Crippen LogP contribution in [0.15, 0.2) is 54.6 Å². The fraction of sp³-hybridized carbons (Fsp3) is 0.200. The van der Waals surface area contributed by atoms with Crippen LogP contribution in [0.1, 0.15) is 0 Å². The third kappa shape index (κ3) is 2.41. The third-order valence-corrected chi connectivity index (χ3v) is 2.87. The van der Waals surface area contributed by atoms with Crippen molar-refractivity contribution in [1.82, 2.24) is 0 Å². The minimum atomic E-state index is 1.20. The van der Waals surface area contributed by atoms with Gasteiger partial charge in [-0.1, -0.05) is 30.3 Å². The van der Waals surface area contributed by atoms with Crippen LogP contribution in [0.25, 0.3) is 0 Å². The highest BCUT2D eigenvalue weighted by Gasteiger charge is 2.09. The predicted molar refractivity (Wildman–Crippen MR) is 75.3 cm³/mol. The molecule has 0 aromatic heterocycles. The zero-order valence-corrected chi connectivity index (χ0v) is 10.6. The van der Waals surface area contributed by atoms with E-state index in [9.17, 15) is 0 Å². The molecule has 0 saturated heterocycles. The van der Waals surface area contributed by atoms with Crippen LogP contribution in [0.3, 0.4) is 0 Å². The standard InChI is InChI=1S/C15H18N2/c1-16(2)14-11-7-8-12-15(14)17(3)13-9-5-4-6-10-13/h4-12H,1-3H3. The number of para-hydroxylation sites is 3. The van der Waals surface area contributed by atoms with Gasteiger partial charge in [-0.3, -0.25) is 0 Å². The average Bonchev–Trinajstić information content (AvgIpc) is 2.39. The second kappa shape index (κ2) is 4.91. The Bertz CT molecular complexity index is 477. The third-order valence-electron chi connectivity index (χ3n) is 2.87. The van der Waals surface area contributed by atoms with E-state index in [1.54, 1.807) is 0 Å². The molecule has 0 saturated carbocycles. The normalized spacial score (nSPS) is 10.1. The highest BCUT2D eigenvalue weighted by Crippen LogP contribution is 2.31. The quantitative estimate of drug-likeness (QED) is 0.790. The van der Waals surface area contributed by atoms with Crippen LogP contribution in [0, 0.1) is 0 Å². The number of benzene rings is 2. The molecule has 0 aliphatic rings. The summed E-state index contributed by atoms with van der Waals surface area (Å²) in [5, 5.41) is 0. The van der Waals surface area contributed by atoms with Crippen molar-refractivity contribution in [1.29, 1.82) is 0 Å². The van der Waals surface area contributed by atoms with Crippen molar-refractivity contribution in [2.24, 2.45) is 0 Å². The lowest BCUT2D eigenvalue weighted by Gasteiger charge is -2.25. The van der Waals surface area contributed by atoms with Gasteiger partial charge in [-0.15, -0.1) is 0 Å². The molecular formula is C15H18N2. The molecule has 2 aromatic rings. The molecule has 0 N–H and O–H groups in total. The summed E-state index contributed by atoms with van der Waals surface area (Å²) < 4.78 is 0. The molecule has 0 atom stereocenters. The van der Waals surface area contributed by atoms with Crippen LogP contribution in [0.4, 0.5) is 17.1 Å². The van der Waals surface area contributed by atoms with Crippen molar-refractivity contribution in [3.05, 3.63) is 54.6 Å². The highest BCUT2D eigenvalue weighted by atomic mass is 15.2. The molecule has 0 unspecified atom stereocenters. The van der Waals surface area contributed by atoms with E-state index in [1.807, 2.05) is 6.07 Å². The maximum Gasteiger partial charge on any atom is 0.0645 e. The van der Waals surface area contributed by atoms with Crippen molar-refractivity contribution in [2.75, 3.05) is 30.9 Å². The van der Waals surface area contributed by atoms with E-state index in [0.29, 0.717) is 0 Å². The Morgan fingerprint density at radius 2 is 1.18 bits per heavy atom. The second-order valence-electron chi connectivity index (χ2n) is 4.28. The first-order valence-corrected chi connectivity index (χ1v) is 5.75. The number of hydrogen-bond acceptors (Lipinski definition) is 2. The minimum absolute atomic E-state index is 1.20. The summed E-state index contributed by atoms with van der Waals surface area (Å²) in [6, 6.07) is 18.8. The molecule has 0 heterocycles. The molecule has 2 nitrogen and oxygen atoms in total. The fourth-order valence-electron chi connectivity index (χ4n) is 1.92. The van der Waals surface area contributed by atoms with Crippen molar-refractivity contribution in [3.63, 3.8) is 0 Å². The van der Waals surface area contributed by atoms with Gasteiger partial charge in [0.1, 0.15) is 0 Å². The summed E-state index contributed by atoms with van der Waals surface area (Å²) in [5.74, 6) is 0. The van der Waals surface area contributed by atoms with E-state index in [-0.39, 0.29) is 0 Å². The van der Waals surface area contributed by atoms with Gasteiger partial charge in [-0.05, 0) is 24.3 Å². The first-order chi connectivity index (χ1) is 8.20. The SMILES string of the molecule is CN(C)c1ccccc1N(C)c1ccccc1. The fourth-order valence-corrected chi connectivity index (χ4v) is 1.92. The predicted octanol–water partition coefficient (Wildman–Crippen LogP) is 3.52. The second-order valence-corrected chi connectivity index (χ2v) is 4.28. The average molecular weight is 226 g/mol. The number of nitrogens with zero attached hydrogens (tertiary/aromatic N) is 2. The molecule has 0 bridgehead atoms. The summed E-state index contributed by atoms with van der Waals surface area (Å²) in [4.78, 5) is 4.34. The Labute approximate surface area is 103 Å². The van der Waals surface area contributed by atoms with E-state index in [0.717, 1.165) is 0 Å². The van der Waals surface area contributed by atoms with Gasteiger partial charge in [0, 0.05) is 26.8 Å². The number of rotatable bonds is 3. The number of anilines is 3. The lowest BCUT2D eigenvalue weighted by atomic mass is 10.2.